The topological polar surface area (TPSA) is 58.0 Å². The average molecular weight is 328 g/mol. The fourth-order valence-corrected chi connectivity index (χ4v) is 2.83. The van der Waals surface area contributed by atoms with Gasteiger partial charge in [0.2, 0.25) is 0 Å². The minimum absolute atomic E-state index is 0.239. The van der Waals surface area contributed by atoms with Crippen LogP contribution in [-0.4, -0.2) is 33.8 Å². The molecule has 0 unspecified atom stereocenters. The van der Waals surface area contributed by atoms with Crippen molar-refractivity contribution in [3.63, 3.8) is 0 Å². The van der Waals surface area contributed by atoms with Gasteiger partial charge in [0.05, 0.1) is 17.6 Å². The molecular weight excluding hydrogens is 307 g/mol. The molecule has 3 aromatic rings. The first-order valence-electron chi connectivity index (χ1n) is 7.93. The maximum Gasteiger partial charge on any atom is 0.137 e. The van der Waals surface area contributed by atoms with Gasteiger partial charge < -0.3 is 9.42 Å². The van der Waals surface area contributed by atoms with Gasteiger partial charge in [-0.2, -0.15) is 5.10 Å². The molecule has 24 heavy (non-hydrogen) atoms. The Morgan fingerprint density at radius 1 is 1.21 bits per heavy atom. The molecular formula is C18H21FN4O. The fourth-order valence-electron chi connectivity index (χ4n) is 2.83. The largest absolute Gasteiger partial charge is 0.361 e. The minimum Gasteiger partial charge on any atom is -0.361 e. The molecule has 6 heteroatoms. The summed E-state index contributed by atoms with van der Waals surface area (Å²) in [4.78, 5) is 2.23. The molecule has 0 spiro atoms. The summed E-state index contributed by atoms with van der Waals surface area (Å²) in [6, 6.07) is 6.44. The Labute approximate surface area is 140 Å². The van der Waals surface area contributed by atoms with E-state index >= 15 is 0 Å². The molecule has 0 atom stereocenters. The molecule has 126 valence electrons. The van der Waals surface area contributed by atoms with Crippen molar-refractivity contribution in [2.24, 2.45) is 0 Å². The number of halogens is 1. The second-order valence-corrected chi connectivity index (χ2v) is 6.07. The van der Waals surface area contributed by atoms with Crippen LogP contribution in [0.3, 0.4) is 0 Å². The van der Waals surface area contributed by atoms with E-state index in [2.05, 4.69) is 27.3 Å². The van der Waals surface area contributed by atoms with E-state index < -0.39 is 0 Å². The van der Waals surface area contributed by atoms with Gasteiger partial charge >= 0.3 is 0 Å². The summed E-state index contributed by atoms with van der Waals surface area (Å²) in [6.07, 6.45) is 2.71. The van der Waals surface area contributed by atoms with Crippen LogP contribution in [0.5, 0.6) is 0 Å². The van der Waals surface area contributed by atoms with Crippen molar-refractivity contribution in [1.82, 2.24) is 20.3 Å². The number of aryl methyl sites for hydroxylation is 2. The lowest BCUT2D eigenvalue weighted by Crippen LogP contribution is -2.21. The van der Waals surface area contributed by atoms with E-state index in [1.165, 1.54) is 17.7 Å². The number of aromatic amines is 1. The highest BCUT2D eigenvalue weighted by Gasteiger charge is 2.13. The van der Waals surface area contributed by atoms with Gasteiger partial charge in [-0.3, -0.25) is 5.10 Å². The monoisotopic (exact) mass is 328 g/mol. The number of benzene rings is 1. The summed E-state index contributed by atoms with van der Waals surface area (Å²) in [6.45, 7) is 5.55. The number of hydrogen-bond acceptors (Lipinski definition) is 4. The minimum atomic E-state index is -0.239. The van der Waals surface area contributed by atoms with E-state index in [0.717, 1.165) is 47.8 Å². The third kappa shape index (κ3) is 3.54. The second kappa shape index (κ2) is 6.97. The molecule has 0 amide bonds. The lowest BCUT2D eigenvalue weighted by Gasteiger charge is -2.16. The molecule has 0 bridgehead atoms. The smallest absolute Gasteiger partial charge is 0.137 e. The number of rotatable bonds is 6. The van der Waals surface area contributed by atoms with Gasteiger partial charge in [0.15, 0.2) is 0 Å². The molecule has 2 aromatic heterocycles. The zero-order valence-corrected chi connectivity index (χ0v) is 14.1. The van der Waals surface area contributed by atoms with Crippen LogP contribution in [0, 0.1) is 19.7 Å². The molecule has 0 aliphatic rings. The van der Waals surface area contributed by atoms with Crippen LogP contribution in [0.2, 0.25) is 0 Å². The zero-order valence-electron chi connectivity index (χ0n) is 14.1. The van der Waals surface area contributed by atoms with Gasteiger partial charge in [-0.05, 0) is 51.6 Å². The first-order chi connectivity index (χ1) is 11.5. The van der Waals surface area contributed by atoms with Crippen LogP contribution in [0.25, 0.3) is 11.3 Å². The van der Waals surface area contributed by atoms with Crippen LogP contribution in [0.15, 0.2) is 35.0 Å². The molecule has 1 N–H and O–H groups in total. The average Bonchev–Trinajstić information content (AvgIpc) is 3.13. The van der Waals surface area contributed by atoms with E-state index in [-0.39, 0.29) is 5.82 Å². The standard InChI is InChI=1S/C18H21FN4O/c1-12-17(13(2)24-22-12)8-9-23(3)11-15-10-20-21-18(15)14-4-6-16(19)7-5-14/h4-7,10H,8-9,11H2,1-3H3,(H,20,21). The van der Waals surface area contributed by atoms with Gasteiger partial charge in [-0.25, -0.2) is 4.39 Å². The fraction of sp³-hybridized carbons (Fsp3) is 0.333. The second-order valence-electron chi connectivity index (χ2n) is 6.07. The first kappa shape index (κ1) is 16.4. The third-order valence-corrected chi connectivity index (χ3v) is 4.22. The molecule has 0 saturated carbocycles. The SMILES string of the molecule is Cc1noc(C)c1CCN(C)Cc1cn[nH]c1-c1ccc(F)cc1. The Morgan fingerprint density at radius 2 is 1.96 bits per heavy atom. The van der Waals surface area contributed by atoms with E-state index in [0.29, 0.717) is 0 Å². The van der Waals surface area contributed by atoms with E-state index in [9.17, 15) is 4.39 Å². The summed E-state index contributed by atoms with van der Waals surface area (Å²) >= 11 is 0. The molecule has 0 aliphatic heterocycles. The Kier molecular flexibility index (Phi) is 4.76. The van der Waals surface area contributed by atoms with Crippen LogP contribution in [-0.2, 0) is 13.0 Å². The molecule has 3 rings (SSSR count). The van der Waals surface area contributed by atoms with Crippen molar-refractivity contribution in [3.8, 4) is 11.3 Å². The highest BCUT2D eigenvalue weighted by atomic mass is 19.1. The maximum absolute atomic E-state index is 13.1. The summed E-state index contributed by atoms with van der Waals surface area (Å²) in [5.74, 6) is 0.646. The highest BCUT2D eigenvalue weighted by molar-refractivity contribution is 5.62. The Balaban J connectivity index is 1.66. The summed E-state index contributed by atoms with van der Waals surface area (Å²) < 4.78 is 18.3. The number of aromatic nitrogens is 3. The van der Waals surface area contributed by atoms with Gasteiger partial charge in [-0.1, -0.05) is 5.16 Å². The Morgan fingerprint density at radius 3 is 2.62 bits per heavy atom. The lowest BCUT2D eigenvalue weighted by molar-refractivity contribution is 0.330. The first-order valence-corrected chi connectivity index (χ1v) is 7.93. The van der Waals surface area contributed by atoms with E-state index in [4.69, 9.17) is 4.52 Å². The van der Waals surface area contributed by atoms with E-state index in [1.54, 1.807) is 12.1 Å². The summed E-state index contributed by atoms with van der Waals surface area (Å²) in [7, 11) is 2.07. The van der Waals surface area contributed by atoms with Gasteiger partial charge in [0.25, 0.3) is 0 Å². The number of nitrogens with one attached hydrogen (secondary N) is 1. The predicted octanol–water partition coefficient (Wildman–Crippen LogP) is 3.50. The number of H-pyrrole nitrogens is 1. The molecule has 1 aromatic carbocycles. The van der Waals surface area contributed by atoms with Crippen molar-refractivity contribution in [3.05, 3.63) is 58.9 Å². The highest BCUT2D eigenvalue weighted by Crippen LogP contribution is 2.22. The summed E-state index contributed by atoms with van der Waals surface area (Å²) in [5.41, 5.74) is 5.08. The normalized spacial score (nSPS) is 11.4. The van der Waals surface area contributed by atoms with Crippen LogP contribution in [0.4, 0.5) is 4.39 Å². The van der Waals surface area contributed by atoms with Crippen molar-refractivity contribution in [2.75, 3.05) is 13.6 Å². The number of nitrogens with zero attached hydrogens (tertiary/aromatic N) is 3. The van der Waals surface area contributed by atoms with Crippen molar-refractivity contribution < 1.29 is 8.91 Å². The van der Waals surface area contributed by atoms with Gasteiger partial charge in [0, 0.05) is 29.8 Å². The molecule has 0 saturated heterocycles. The number of hydrogen-bond donors (Lipinski definition) is 1. The quantitative estimate of drug-likeness (QED) is 0.752. The van der Waals surface area contributed by atoms with Crippen molar-refractivity contribution in [2.45, 2.75) is 26.8 Å². The van der Waals surface area contributed by atoms with Crippen LogP contribution in [0.1, 0.15) is 22.6 Å². The predicted molar refractivity (Wildman–Crippen MR) is 90.0 cm³/mol. The molecule has 0 aliphatic carbocycles. The molecule has 0 fully saturated rings. The zero-order chi connectivity index (χ0) is 17.1. The molecule has 0 radical (unpaired) electrons. The van der Waals surface area contributed by atoms with Gasteiger partial charge in [0.1, 0.15) is 11.6 Å². The Bertz CT molecular complexity index is 787. The third-order valence-electron chi connectivity index (χ3n) is 4.22. The maximum atomic E-state index is 13.1. The van der Waals surface area contributed by atoms with Crippen molar-refractivity contribution in [1.29, 1.82) is 0 Å². The van der Waals surface area contributed by atoms with Crippen molar-refractivity contribution >= 4 is 0 Å². The molecule has 5 nitrogen and oxygen atoms in total. The summed E-state index contributed by atoms with van der Waals surface area (Å²) in [5, 5.41) is 11.1. The van der Waals surface area contributed by atoms with E-state index in [1.807, 2.05) is 20.0 Å². The Hall–Kier alpha value is -2.47. The number of likely N-dealkylation sites (N-methyl/N-ethyl adjacent to an activating group) is 1. The van der Waals surface area contributed by atoms with Crippen LogP contribution < -0.4 is 0 Å². The molecule has 2 heterocycles. The van der Waals surface area contributed by atoms with Crippen LogP contribution >= 0.6 is 0 Å². The lowest BCUT2D eigenvalue weighted by atomic mass is 10.1. The van der Waals surface area contributed by atoms with Gasteiger partial charge in [-0.15, -0.1) is 0 Å².